The highest BCUT2D eigenvalue weighted by Crippen LogP contribution is 2.29. The van der Waals surface area contributed by atoms with Crippen molar-refractivity contribution in [3.05, 3.63) is 47.5 Å². The van der Waals surface area contributed by atoms with Gasteiger partial charge in [-0.05, 0) is 25.1 Å². The SMILES string of the molecule is COC(C)c1nn(-c2cccc(C(C)(F)F)n2)c2cc(CC(N)=O)ncc12. The Bertz CT molecular complexity index is 997. The number of rotatable bonds is 6. The third kappa shape index (κ3) is 3.77. The van der Waals surface area contributed by atoms with Crippen molar-refractivity contribution in [2.45, 2.75) is 32.3 Å². The maximum Gasteiger partial charge on any atom is 0.287 e. The molecule has 27 heavy (non-hydrogen) atoms. The number of methoxy groups -OCH3 is 1. The van der Waals surface area contributed by atoms with Crippen molar-refractivity contribution in [1.29, 1.82) is 0 Å². The molecule has 0 saturated heterocycles. The summed E-state index contributed by atoms with van der Waals surface area (Å²) >= 11 is 0. The molecule has 0 radical (unpaired) electrons. The Kier molecular flexibility index (Phi) is 4.88. The van der Waals surface area contributed by atoms with Gasteiger partial charge in [-0.3, -0.25) is 9.78 Å². The summed E-state index contributed by atoms with van der Waals surface area (Å²) in [5.74, 6) is -3.38. The van der Waals surface area contributed by atoms with Crippen LogP contribution in [0.25, 0.3) is 16.7 Å². The molecule has 0 aliphatic rings. The zero-order valence-electron chi connectivity index (χ0n) is 15.1. The number of hydrogen-bond donors (Lipinski definition) is 1. The Morgan fingerprint density at radius 3 is 2.78 bits per heavy atom. The molecule has 3 rings (SSSR count). The molecule has 3 aromatic heterocycles. The molecule has 1 amide bonds. The van der Waals surface area contributed by atoms with Crippen LogP contribution < -0.4 is 5.73 Å². The quantitative estimate of drug-likeness (QED) is 0.715. The lowest BCUT2D eigenvalue weighted by molar-refractivity contribution is -0.117. The van der Waals surface area contributed by atoms with Crippen LogP contribution in [-0.4, -0.2) is 32.8 Å². The first-order valence-electron chi connectivity index (χ1n) is 8.25. The predicted octanol–water partition coefficient (Wildman–Crippen LogP) is 2.66. The van der Waals surface area contributed by atoms with Crippen LogP contribution in [0.5, 0.6) is 0 Å². The zero-order chi connectivity index (χ0) is 19.8. The normalized spacial score (nSPS) is 13.1. The summed E-state index contributed by atoms with van der Waals surface area (Å²) in [7, 11) is 1.54. The third-order valence-electron chi connectivity index (χ3n) is 4.15. The van der Waals surface area contributed by atoms with Crippen molar-refractivity contribution >= 4 is 16.8 Å². The molecule has 0 bridgehead atoms. The molecular formula is C18H19F2N5O2. The van der Waals surface area contributed by atoms with E-state index in [4.69, 9.17) is 10.5 Å². The van der Waals surface area contributed by atoms with Gasteiger partial charge in [-0.2, -0.15) is 13.9 Å². The van der Waals surface area contributed by atoms with E-state index in [0.29, 0.717) is 22.3 Å². The van der Waals surface area contributed by atoms with Crippen molar-refractivity contribution < 1.29 is 18.3 Å². The van der Waals surface area contributed by atoms with Gasteiger partial charge in [0.05, 0.1) is 23.7 Å². The molecule has 7 nitrogen and oxygen atoms in total. The van der Waals surface area contributed by atoms with E-state index < -0.39 is 11.8 Å². The van der Waals surface area contributed by atoms with E-state index in [9.17, 15) is 13.6 Å². The van der Waals surface area contributed by atoms with Crippen LogP contribution in [0.1, 0.15) is 37.0 Å². The van der Waals surface area contributed by atoms with Gasteiger partial charge < -0.3 is 10.5 Å². The lowest BCUT2D eigenvalue weighted by atomic mass is 10.1. The van der Waals surface area contributed by atoms with Gasteiger partial charge >= 0.3 is 0 Å². The van der Waals surface area contributed by atoms with E-state index in [-0.39, 0.29) is 24.0 Å². The molecule has 142 valence electrons. The molecule has 9 heteroatoms. The number of pyridine rings is 2. The summed E-state index contributed by atoms with van der Waals surface area (Å²) in [4.78, 5) is 19.5. The minimum Gasteiger partial charge on any atom is -0.375 e. The summed E-state index contributed by atoms with van der Waals surface area (Å²) in [6, 6.07) is 5.98. The van der Waals surface area contributed by atoms with Gasteiger partial charge in [-0.15, -0.1) is 0 Å². The van der Waals surface area contributed by atoms with E-state index in [1.54, 1.807) is 25.4 Å². The summed E-state index contributed by atoms with van der Waals surface area (Å²) in [6.07, 6.45) is 1.17. The molecule has 0 saturated carbocycles. The van der Waals surface area contributed by atoms with Gasteiger partial charge in [0.1, 0.15) is 11.4 Å². The van der Waals surface area contributed by atoms with Crippen LogP contribution in [0.4, 0.5) is 8.78 Å². The van der Waals surface area contributed by atoms with E-state index in [1.165, 1.54) is 16.8 Å². The first-order chi connectivity index (χ1) is 12.7. The smallest absolute Gasteiger partial charge is 0.287 e. The van der Waals surface area contributed by atoms with Gasteiger partial charge in [0.25, 0.3) is 5.92 Å². The Morgan fingerprint density at radius 1 is 1.41 bits per heavy atom. The standard InChI is InChI=1S/C18H19F2N5O2/c1-10(27-3)17-12-9-22-11(8-15(21)26)7-13(12)25(24-17)16-6-4-5-14(23-16)18(2,19)20/h4-7,9-10H,8H2,1-3H3,(H2,21,26). The van der Waals surface area contributed by atoms with Crippen LogP contribution in [-0.2, 0) is 21.9 Å². The van der Waals surface area contributed by atoms with E-state index >= 15 is 0 Å². The Hall–Kier alpha value is -2.94. The summed E-state index contributed by atoms with van der Waals surface area (Å²) in [5, 5.41) is 5.18. The van der Waals surface area contributed by atoms with Crippen LogP contribution >= 0.6 is 0 Å². The number of primary amides is 1. The molecule has 0 spiro atoms. The lowest BCUT2D eigenvalue weighted by Crippen LogP contribution is -2.14. The van der Waals surface area contributed by atoms with Gasteiger partial charge in [-0.1, -0.05) is 6.07 Å². The summed E-state index contributed by atoms with van der Waals surface area (Å²) < 4.78 is 34.2. The minimum atomic E-state index is -3.08. The van der Waals surface area contributed by atoms with Crippen molar-refractivity contribution in [3.63, 3.8) is 0 Å². The number of nitrogens with two attached hydrogens (primary N) is 1. The average molecular weight is 375 g/mol. The number of amides is 1. The summed E-state index contributed by atoms with van der Waals surface area (Å²) in [6.45, 7) is 2.60. The van der Waals surface area contributed by atoms with Gasteiger partial charge in [-0.25, -0.2) is 9.67 Å². The molecule has 3 heterocycles. The molecule has 0 aliphatic heterocycles. The number of alkyl halides is 2. The van der Waals surface area contributed by atoms with E-state index in [2.05, 4.69) is 15.1 Å². The zero-order valence-corrected chi connectivity index (χ0v) is 15.1. The van der Waals surface area contributed by atoms with Crippen LogP contribution in [0.2, 0.25) is 0 Å². The largest absolute Gasteiger partial charge is 0.375 e. The number of aromatic nitrogens is 4. The molecule has 2 N–H and O–H groups in total. The Morgan fingerprint density at radius 2 is 2.15 bits per heavy atom. The number of carbonyl (C=O) groups is 1. The van der Waals surface area contributed by atoms with Gasteiger partial charge in [0, 0.05) is 25.6 Å². The van der Waals surface area contributed by atoms with Crippen LogP contribution in [0.3, 0.4) is 0 Å². The number of hydrogen-bond acceptors (Lipinski definition) is 5. The first kappa shape index (κ1) is 18.8. The molecular weight excluding hydrogens is 356 g/mol. The van der Waals surface area contributed by atoms with Crippen LogP contribution in [0.15, 0.2) is 30.5 Å². The maximum absolute atomic E-state index is 13.7. The molecule has 3 aromatic rings. The molecule has 0 aliphatic carbocycles. The third-order valence-corrected chi connectivity index (χ3v) is 4.15. The van der Waals surface area contributed by atoms with Crippen molar-refractivity contribution in [2.24, 2.45) is 5.73 Å². The van der Waals surface area contributed by atoms with Crippen molar-refractivity contribution in [2.75, 3.05) is 7.11 Å². The fourth-order valence-corrected chi connectivity index (χ4v) is 2.72. The molecule has 0 fully saturated rings. The fraction of sp³-hybridized carbons (Fsp3) is 0.333. The molecule has 1 atom stereocenters. The lowest BCUT2D eigenvalue weighted by Gasteiger charge is -2.11. The number of nitrogens with zero attached hydrogens (tertiary/aromatic N) is 4. The van der Waals surface area contributed by atoms with E-state index in [1.807, 2.05) is 6.92 Å². The second-order valence-corrected chi connectivity index (χ2v) is 6.28. The van der Waals surface area contributed by atoms with Gasteiger partial charge in [0.15, 0.2) is 5.82 Å². The van der Waals surface area contributed by atoms with Crippen molar-refractivity contribution in [3.8, 4) is 5.82 Å². The van der Waals surface area contributed by atoms with Gasteiger partial charge in [0.2, 0.25) is 5.91 Å². The molecule has 0 aromatic carbocycles. The summed E-state index contributed by atoms with van der Waals surface area (Å²) in [5.41, 5.74) is 6.49. The second kappa shape index (κ2) is 6.99. The molecule has 1 unspecified atom stereocenters. The average Bonchev–Trinajstić information content (AvgIpc) is 2.99. The first-order valence-corrected chi connectivity index (χ1v) is 8.25. The monoisotopic (exact) mass is 375 g/mol. The Labute approximate surface area is 154 Å². The Balaban J connectivity index is 2.23. The number of carbonyl (C=O) groups excluding carboxylic acids is 1. The number of ether oxygens (including phenoxy) is 1. The minimum absolute atomic E-state index is 0.0449. The second-order valence-electron chi connectivity index (χ2n) is 6.28. The van der Waals surface area contributed by atoms with Crippen molar-refractivity contribution in [1.82, 2.24) is 19.7 Å². The highest BCUT2D eigenvalue weighted by Gasteiger charge is 2.27. The fourth-order valence-electron chi connectivity index (χ4n) is 2.72. The highest BCUT2D eigenvalue weighted by atomic mass is 19.3. The predicted molar refractivity (Wildman–Crippen MR) is 94.6 cm³/mol. The topological polar surface area (TPSA) is 95.9 Å². The number of fused-ring (bicyclic) bond motifs is 1. The van der Waals surface area contributed by atoms with Crippen LogP contribution in [0, 0.1) is 0 Å². The number of halogens is 2. The van der Waals surface area contributed by atoms with E-state index in [0.717, 1.165) is 6.92 Å². The highest BCUT2D eigenvalue weighted by molar-refractivity contribution is 5.84. The maximum atomic E-state index is 13.7.